The van der Waals surface area contributed by atoms with Crippen molar-refractivity contribution in [2.24, 2.45) is 15.0 Å². The van der Waals surface area contributed by atoms with Gasteiger partial charge in [-0.1, -0.05) is 109 Å². The van der Waals surface area contributed by atoms with Crippen LogP contribution in [0.25, 0.3) is 22.3 Å². The molecule has 3 nitrogen and oxygen atoms in total. The average molecular weight is 436 g/mol. The summed E-state index contributed by atoms with van der Waals surface area (Å²) in [5, 5.41) is 0. The van der Waals surface area contributed by atoms with E-state index in [0.29, 0.717) is 11.7 Å². The Morgan fingerprint density at radius 1 is 0.562 bits per heavy atom. The molecule has 0 saturated heterocycles. The molecule has 0 N–H and O–H groups in total. The highest BCUT2D eigenvalue weighted by atomic mass is 35.5. The third-order valence-corrected chi connectivity index (χ3v) is 5.19. The van der Waals surface area contributed by atoms with Crippen LogP contribution in [-0.4, -0.2) is 24.4 Å². The molecule has 156 valence electrons. The first-order chi connectivity index (χ1) is 15.8. The van der Waals surface area contributed by atoms with Crippen LogP contribution >= 0.6 is 11.6 Å². The SMILES string of the molecule is C=NC(=NC(=NCCl)c1ccc(-c2ccccc2)cc1)c1ccc(-c2ccccc2)cc1. The molecule has 4 rings (SSSR count). The molecule has 32 heavy (non-hydrogen) atoms. The Balaban J connectivity index is 1.62. The largest absolute Gasteiger partial charge is 0.250 e. The summed E-state index contributed by atoms with van der Waals surface area (Å²) >= 11 is 5.93. The second kappa shape index (κ2) is 10.5. The first kappa shape index (κ1) is 21.4. The number of benzene rings is 4. The van der Waals surface area contributed by atoms with E-state index in [9.17, 15) is 0 Å². The minimum atomic E-state index is 0.108. The van der Waals surface area contributed by atoms with Gasteiger partial charge >= 0.3 is 0 Å². The minimum Gasteiger partial charge on any atom is -0.250 e. The van der Waals surface area contributed by atoms with Gasteiger partial charge in [0, 0.05) is 11.1 Å². The first-order valence-corrected chi connectivity index (χ1v) is 10.8. The summed E-state index contributed by atoms with van der Waals surface area (Å²) in [4.78, 5) is 13.2. The van der Waals surface area contributed by atoms with Crippen molar-refractivity contribution in [2.75, 3.05) is 6.00 Å². The number of alkyl halides is 1. The molecule has 0 aliphatic rings. The summed E-state index contributed by atoms with van der Waals surface area (Å²) in [6.45, 7) is 3.71. The van der Waals surface area contributed by atoms with Crippen molar-refractivity contribution < 1.29 is 0 Å². The molecule has 0 aliphatic carbocycles. The fourth-order valence-electron chi connectivity index (χ4n) is 3.42. The molecule has 0 aliphatic heterocycles. The molecule has 0 heterocycles. The molecule has 4 aromatic rings. The van der Waals surface area contributed by atoms with Gasteiger partial charge in [-0.05, 0) is 29.0 Å². The molecule has 0 radical (unpaired) electrons. The normalized spacial score (nSPS) is 11.9. The molecular weight excluding hydrogens is 414 g/mol. The standard InChI is InChI=1S/C28H22ClN3/c1-30-27(25-16-12-23(13-17-25)21-8-4-2-5-9-21)32-28(31-20-29)26-18-14-24(15-19-26)22-10-6-3-7-11-22/h2-19H,1,20H2. The molecule has 0 aromatic heterocycles. The molecule has 4 aromatic carbocycles. The van der Waals surface area contributed by atoms with Crippen molar-refractivity contribution in [2.45, 2.75) is 0 Å². The Hall–Kier alpha value is -3.82. The maximum Gasteiger partial charge on any atom is 0.161 e. The second-order valence-corrected chi connectivity index (χ2v) is 7.32. The third-order valence-electron chi connectivity index (χ3n) is 5.07. The summed E-state index contributed by atoms with van der Waals surface area (Å²) < 4.78 is 0. The number of rotatable bonds is 5. The van der Waals surface area contributed by atoms with Gasteiger partial charge in [-0.2, -0.15) is 0 Å². The zero-order valence-corrected chi connectivity index (χ0v) is 18.3. The van der Waals surface area contributed by atoms with Crippen LogP contribution in [0.4, 0.5) is 0 Å². The van der Waals surface area contributed by atoms with Gasteiger partial charge in [0.2, 0.25) is 0 Å². The lowest BCUT2D eigenvalue weighted by molar-refractivity contribution is 1.32. The zero-order chi connectivity index (χ0) is 22.2. The van der Waals surface area contributed by atoms with E-state index in [2.05, 4.69) is 70.2 Å². The van der Waals surface area contributed by atoms with E-state index in [1.54, 1.807) is 0 Å². The van der Waals surface area contributed by atoms with Gasteiger partial charge in [-0.25, -0.2) is 15.0 Å². The van der Waals surface area contributed by atoms with E-state index in [0.717, 1.165) is 33.4 Å². The van der Waals surface area contributed by atoms with Crippen molar-refractivity contribution >= 4 is 30.0 Å². The second-order valence-electron chi connectivity index (χ2n) is 7.08. The lowest BCUT2D eigenvalue weighted by Gasteiger charge is -2.07. The summed E-state index contributed by atoms with van der Waals surface area (Å²) in [5.41, 5.74) is 6.30. The number of hydrogen-bond donors (Lipinski definition) is 0. The Kier molecular flexibility index (Phi) is 7.01. The quantitative estimate of drug-likeness (QED) is 0.139. The van der Waals surface area contributed by atoms with Gasteiger partial charge in [0.1, 0.15) is 6.00 Å². The van der Waals surface area contributed by atoms with Crippen LogP contribution in [0.1, 0.15) is 11.1 Å². The van der Waals surface area contributed by atoms with E-state index in [1.807, 2.05) is 60.7 Å². The highest BCUT2D eigenvalue weighted by molar-refractivity contribution is 6.19. The number of hydrogen-bond acceptors (Lipinski definition) is 1. The van der Waals surface area contributed by atoms with E-state index in [-0.39, 0.29) is 6.00 Å². The maximum absolute atomic E-state index is 5.93. The molecule has 4 heteroatoms. The van der Waals surface area contributed by atoms with Gasteiger partial charge in [0.25, 0.3) is 0 Å². The van der Waals surface area contributed by atoms with Crippen LogP contribution < -0.4 is 0 Å². The van der Waals surface area contributed by atoms with Crippen LogP contribution in [0.5, 0.6) is 0 Å². The Bertz CT molecular complexity index is 1230. The van der Waals surface area contributed by atoms with Gasteiger partial charge in [0.05, 0.1) is 0 Å². The lowest BCUT2D eigenvalue weighted by Crippen LogP contribution is -2.05. The Labute approximate surface area is 193 Å². The number of halogens is 1. The molecule has 0 unspecified atom stereocenters. The van der Waals surface area contributed by atoms with Gasteiger partial charge < -0.3 is 0 Å². The van der Waals surface area contributed by atoms with Crippen LogP contribution in [0, 0.1) is 0 Å². The maximum atomic E-state index is 5.93. The molecule has 0 atom stereocenters. The first-order valence-electron chi connectivity index (χ1n) is 10.3. The number of nitrogens with zero attached hydrogens (tertiary/aromatic N) is 3. The minimum absolute atomic E-state index is 0.108. The lowest BCUT2D eigenvalue weighted by atomic mass is 10.0. The molecular formula is C28H22ClN3. The number of aliphatic imine (C=N–C) groups is 3. The predicted octanol–water partition coefficient (Wildman–Crippen LogP) is 7.11. The van der Waals surface area contributed by atoms with Crippen LogP contribution in [0.3, 0.4) is 0 Å². The van der Waals surface area contributed by atoms with E-state index in [4.69, 9.17) is 11.6 Å². The molecule has 0 fully saturated rings. The highest BCUT2D eigenvalue weighted by Gasteiger charge is 2.08. The number of amidine groups is 2. The van der Waals surface area contributed by atoms with E-state index < -0.39 is 0 Å². The smallest absolute Gasteiger partial charge is 0.161 e. The summed E-state index contributed by atoms with van der Waals surface area (Å²) in [6.07, 6.45) is 0. The Morgan fingerprint density at radius 2 is 0.969 bits per heavy atom. The predicted molar refractivity (Wildman–Crippen MR) is 137 cm³/mol. The Morgan fingerprint density at radius 3 is 1.38 bits per heavy atom. The fourth-order valence-corrected chi connectivity index (χ4v) is 3.54. The zero-order valence-electron chi connectivity index (χ0n) is 17.5. The average Bonchev–Trinajstić information content (AvgIpc) is 2.88. The molecule has 0 bridgehead atoms. The van der Waals surface area contributed by atoms with E-state index in [1.165, 1.54) is 0 Å². The van der Waals surface area contributed by atoms with Crippen molar-refractivity contribution in [3.8, 4) is 22.3 Å². The van der Waals surface area contributed by atoms with Crippen molar-refractivity contribution in [1.82, 2.24) is 0 Å². The van der Waals surface area contributed by atoms with Crippen LogP contribution in [0.2, 0.25) is 0 Å². The van der Waals surface area contributed by atoms with Gasteiger partial charge in [0.15, 0.2) is 11.7 Å². The van der Waals surface area contributed by atoms with Gasteiger partial charge in [-0.15, -0.1) is 11.6 Å². The summed E-state index contributed by atoms with van der Waals surface area (Å²) in [5.74, 6) is 1.02. The van der Waals surface area contributed by atoms with E-state index >= 15 is 0 Å². The van der Waals surface area contributed by atoms with Crippen LogP contribution in [-0.2, 0) is 0 Å². The van der Waals surface area contributed by atoms with Gasteiger partial charge in [-0.3, -0.25) is 0 Å². The molecule has 0 amide bonds. The van der Waals surface area contributed by atoms with Crippen molar-refractivity contribution in [3.63, 3.8) is 0 Å². The van der Waals surface area contributed by atoms with Crippen molar-refractivity contribution in [3.05, 3.63) is 120 Å². The molecule has 0 spiro atoms. The monoisotopic (exact) mass is 435 g/mol. The molecule has 0 saturated carbocycles. The summed E-state index contributed by atoms with van der Waals surface area (Å²) in [7, 11) is 0. The topological polar surface area (TPSA) is 37.1 Å². The fraction of sp³-hybridized carbons (Fsp3) is 0.0357. The third kappa shape index (κ3) is 5.08. The van der Waals surface area contributed by atoms with Crippen LogP contribution in [0.15, 0.2) is 124 Å². The van der Waals surface area contributed by atoms with Crippen molar-refractivity contribution in [1.29, 1.82) is 0 Å². The highest BCUT2D eigenvalue weighted by Crippen LogP contribution is 2.21. The summed E-state index contributed by atoms with van der Waals surface area (Å²) in [6, 6.07) is 36.8.